The number of hydrogen-bond acceptors (Lipinski definition) is 2. The van der Waals surface area contributed by atoms with E-state index < -0.39 is 9.84 Å². The van der Waals surface area contributed by atoms with Crippen molar-refractivity contribution in [1.29, 1.82) is 0 Å². The maximum atomic E-state index is 13.0. The molecule has 2 nitrogen and oxygen atoms in total. The van der Waals surface area contributed by atoms with Gasteiger partial charge in [-0.15, -0.1) is 0 Å². The molecular formula is C18H38O2S. The van der Waals surface area contributed by atoms with Gasteiger partial charge in [0, 0.05) is 0 Å². The van der Waals surface area contributed by atoms with Gasteiger partial charge < -0.3 is 0 Å². The molecule has 0 rings (SSSR count). The van der Waals surface area contributed by atoms with E-state index in [1.807, 2.05) is 13.8 Å². The molecule has 0 amide bonds. The van der Waals surface area contributed by atoms with Crippen molar-refractivity contribution in [3.63, 3.8) is 0 Å². The topological polar surface area (TPSA) is 34.1 Å². The van der Waals surface area contributed by atoms with E-state index >= 15 is 0 Å². The quantitative estimate of drug-likeness (QED) is 0.468. The Hall–Kier alpha value is -0.0500. The fourth-order valence-electron chi connectivity index (χ4n) is 3.59. The average Bonchev–Trinajstić information content (AvgIpc) is 2.45. The zero-order valence-electron chi connectivity index (χ0n) is 15.2. The molecule has 0 N–H and O–H groups in total. The van der Waals surface area contributed by atoms with Gasteiger partial charge in [0.25, 0.3) is 0 Å². The summed E-state index contributed by atoms with van der Waals surface area (Å²) in [6.07, 6.45) is 8.44. The lowest BCUT2D eigenvalue weighted by Gasteiger charge is -2.30. The van der Waals surface area contributed by atoms with E-state index in [0.29, 0.717) is 11.8 Å². The van der Waals surface area contributed by atoms with Gasteiger partial charge in [-0.3, -0.25) is 0 Å². The summed E-state index contributed by atoms with van der Waals surface area (Å²) in [5.74, 6) is 0.660. The van der Waals surface area contributed by atoms with Crippen LogP contribution in [0.1, 0.15) is 92.9 Å². The van der Waals surface area contributed by atoms with Crippen LogP contribution in [0.25, 0.3) is 0 Å². The third-order valence-electron chi connectivity index (χ3n) is 5.00. The summed E-state index contributed by atoms with van der Waals surface area (Å²) in [5, 5.41) is -0.382. The average molecular weight is 319 g/mol. The predicted octanol–water partition coefficient (Wildman–Crippen LogP) is 5.61. The smallest absolute Gasteiger partial charge is 0.156 e. The maximum Gasteiger partial charge on any atom is 0.156 e. The molecule has 0 fully saturated rings. The lowest BCUT2D eigenvalue weighted by molar-refractivity contribution is 0.393. The van der Waals surface area contributed by atoms with Crippen LogP contribution in [0.15, 0.2) is 0 Å². The molecule has 3 heteroatoms. The van der Waals surface area contributed by atoms with Gasteiger partial charge in [0.05, 0.1) is 10.5 Å². The van der Waals surface area contributed by atoms with Crippen molar-refractivity contribution in [2.24, 2.45) is 11.8 Å². The Morgan fingerprint density at radius 1 is 0.619 bits per heavy atom. The van der Waals surface area contributed by atoms with Crippen molar-refractivity contribution >= 4 is 9.84 Å². The Balaban J connectivity index is 5.11. The van der Waals surface area contributed by atoms with Gasteiger partial charge in [0.2, 0.25) is 0 Å². The van der Waals surface area contributed by atoms with E-state index in [1.54, 1.807) is 0 Å². The molecular weight excluding hydrogens is 280 g/mol. The molecule has 128 valence electrons. The Morgan fingerprint density at radius 2 is 0.857 bits per heavy atom. The second-order valence-corrected chi connectivity index (χ2v) is 9.34. The molecule has 0 saturated heterocycles. The Bertz CT molecular complexity index is 308. The first-order chi connectivity index (χ1) is 9.86. The van der Waals surface area contributed by atoms with Crippen molar-refractivity contribution in [2.45, 2.75) is 103 Å². The zero-order valence-corrected chi connectivity index (χ0v) is 16.0. The zero-order chi connectivity index (χ0) is 16.5. The molecule has 0 aliphatic heterocycles. The summed E-state index contributed by atoms with van der Waals surface area (Å²) < 4.78 is 26.0. The summed E-state index contributed by atoms with van der Waals surface area (Å²) in [6, 6.07) is 0. The highest BCUT2D eigenvalue weighted by Gasteiger charge is 2.36. The van der Waals surface area contributed by atoms with Gasteiger partial charge in [-0.25, -0.2) is 8.42 Å². The van der Waals surface area contributed by atoms with Gasteiger partial charge in [-0.2, -0.15) is 0 Å². The van der Waals surface area contributed by atoms with Crippen molar-refractivity contribution in [2.75, 3.05) is 0 Å². The Morgan fingerprint density at radius 3 is 1.05 bits per heavy atom. The molecule has 0 heterocycles. The number of sulfone groups is 1. The largest absolute Gasteiger partial charge is 0.228 e. The van der Waals surface area contributed by atoms with Crippen LogP contribution in [0.3, 0.4) is 0 Å². The summed E-state index contributed by atoms with van der Waals surface area (Å²) >= 11 is 0. The molecule has 21 heavy (non-hydrogen) atoms. The number of rotatable bonds is 12. The fourth-order valence-corrected chi connectivity index (χ4v) is 5.88. The third kappa shape index (κ3) is 6.30. The van der Waals surface area contributed by atoms with Crippen LogP contribution in [0.2, 0.25) is 0 Å². The maximum absolute atomic E-state index is 13.0. The second kappa shape index (κ2) is 10.6. The van der Waals surface area contributed by atoms with Gasteiger partial charge in [0.15, 0.2) is 9.84 Å². The van der Waals surface area contributed by atoms with Crippen molar-refractivity contribution in [3.8, 4) is 0 Å². The first-order valence-corrected chi connectivity index (χ1v) is 10.7. The van der Waals surface area contributed by atoms with E-state index in [4.69, 9.17) is 0 Å². The van der Waals surface area contributed by atoms with E-state index in [2.05, 4.69) is 27.7 Å². The summed E-state index contributed by atoms with van der Waals surface area (Å²) in [4.78, 5) is 0. The van der Waals surface area contributed by atoms with Crippen LogP contribution in [-0.2, 0) is 9.84 Å². The molecule has 0 aromatic carbocycles. The van der Waals surface area contributed by atoms with Crippen LogP contribution in [0.5, 0.6) is 0 Å². The molecule has 0 aromatic rings. The van der Waals surface area contributed by atoms with Crippen LogP contribution >= 0.6 is 0 Å². The highest BCUT2D eigenvalue weighted by atomic mass is 32.2. The summed E-state index contributed by atoms with van der Waals surface area (Å²) in [6.45, 7) is 12.5. The van der Waals surface area contributed by atoms with E-state index in [9.17, 15) is 8.42 Å². The highest BCUT2D eigenvalue weighted by molar-refractivity contribution is 7.92. The lowest BCUT2D eigenvalue weighted by Crippen LogP contribution is -2.38. The first-order valence-electron chi connectivity index (χ1n) is 9.09. The highest BCUT2D eigenvalue weighted by Crippen LogP contribution is 2.31. The first kappa shape index (κ1) is 20.9. The summed E-state index contributed by atoms with van der Waals surface area (Å²) in [7, 11) is -3.03. The molecule has 0 aliphatic rings. The van der Waals surface area contributed by atoms with Crippen molar-refractivity contribution in [1.82, 2.24) is 0 Å². The predicted molar refractivity (Wildman–Crippen MR) is 94.5 cm³/mol. The van der Waals surface area contributed by atoms with Crippen LogP contribution in [0.4, 0.5) is 0 Å². The van der Waals surface area contributed by atoms with Crippen LogP contribution < -0.4 is 0 Å². The molecule has 2 unspecified atom stereocenters. The molecule has 0 aromatic heterocycles. The molecule has 0 spiro atoms. The minimum absolute atomic E-state index is 0.191. The van der Waals surface area contributed by atoms with E-state index in [-0.39, 0.29) is 10.5 Å². The fraction of sp³-hybridized carbons (Fsp3) is 1.00. The third-order valence-corrected chi connectivity index (χ3v) is 7.84. The van der Waals surface area contributed by atoms with E-state index in [0.717, 1.165) is 51.4 Å². The molecule has 0 radical (unpaired) electrons. The normalized spacial score (nSPS) is 15.6. The number of hydrogen-bond donors (Lipinski definition) is 0. The standard InChI is InChI=1S/C18H38O2S/c1-7-11-17(12-8-2)15(5)21(19,20)16(6)18(13-9-3)14-10-4/h15-18H,7-14H2,1-6H3. The Kier molecular flexibility index (Phi) is 10.6. The van der Waals surface area contributed by atoms with Crippen LogP contribution in [-0.4, -0.2) is 18.9 Å². The van der Waals surface area contributed by atoms with Gasteiger partial charge in [0.1, 0.15) is 0 Å². The molecule has 0 aliphatic carbocycles. The minimum atomic E-state index is -3.03. The van der Waals surface area contributed by atoms with Crippen LogP contribution in [0, 0.1) is 11.8 Å². The molecule has 0 bridgehead atoms. The second-order valence-electron chi connectivity index (χ2n) is 6.67. The SMILES string of the molecule is CCCC(CCC)C(C)S(=O)(=O)C(C)C(CCC)CCC. The van der Waals surface area contributed by atoms with Crippen molar-refractivity contribution in [3.05, 3.63) is 0 Å². The molecule has 2 atom stereocenters. The molecule has 0 saturated carbocycles. The lowest BCUT2D eigenvalue weighted by atomic mass is 9.95. The van der Waals surface area contributed by atoms with Gasteiger partial charge >= 0.3 is 0 Å². The van der Waals surface area contributed by atoms with E-state index in [1.165, 1.54) is 0 Å². The Labute approximate surface area is 134 Å². The van der Waals surface area contributed by atoms with Crippen molar-refractivity contribution < 1.29 is 8.42 Å². The minimum Gasteiger partial charge on any atom is -0.228 e. The van der Waals surface area contributed by atoms with Gasteiger partial charge in [-0.1, -0.05) is 53.4 Å². The summed E-state index contributed by atoms with van der Waals surface area (Å²) in [5.41, 5.74) is 0. The van der Waals surface area contributed by atoms with Gasteiger partial charge in [-0.05, 0) is 51.4 Å². The monoisotopic (exact) mass is 318 g/mol.